The fourth-order valence-corrected chi connectivity index (χ4v) is 4.07. The van der Waals surface area contributed by atoms with E-state index in [4.69, 9.17) is 11.6 Å². The van der Waals surface area contributed by atoms with Gasteiger partial charge in [0, 0.05) is 35.1 Å². The van der Waals surface area contributed by atoms with Crippen LogP contribution in [-0.4, -0.2) is 25.6 Å². The lowest BCUT2D eigenvalue weighted by Crippen LogP contribution is -2.19. The van der Waals surface area contributed by atoms with Gasteiger partial charge in [-0.15, -0.1) is 0 Å². The summed E-state index contributed by atoms with van der Waals surface area (Å²) in [7, 11) is 0. The molecule has 34 heavy (non-hydrogen) atoms. The van der Waals surface area contributed by atoms with Gasteiger partial charge < -0.3 is 15.0 Å². The minimum Gasteiger partial charge on any atom is -0.477 e. The number of aromatic carboxylic acids is 1. The molecule has 0 amide bonds. The van der Waals surface area contributed by atoms with Crippen molar-refractivity contribution in [2.75, 3.05) is 5.32 Å². The lowest BCUT2D eigenvalue weighted by Gasteiger charge is -2.18. The molecule has 10 heteroatoms. The highest BCUT2D eigenvalue weighted by Gasteiger charge is 2.38. The van der Waals surface area contributed by atoms with Crippen molar-refractivity contribution < 1.29 is 18.7 Å². The Morgan fingerprint density at radius 1 is 1.18 bits per heavy atom. The van der Waals surface area contributed by atoms with Crippen molar-refractivity contribution in [2.24, 2.45) is 0 Å². The lowest BCUT2D eigenvalue weighted by atomic mass is 10.1. The van der Waals surface area contributed by atoms with Crippen molar-refractivity contribution >= 4 is 40.1 Å². The number of benzene rings is 2. The van der Waals surface area contributed by atoms with E-state index in [0.29, 0.717) is 11.2 Å². The molecular formula is C24H17ClF2N4O3. The number of hydrogen-bond donors (Lipinski definition) is 2. The summed E-state index contributed by atoms with van der Waals surface area (Å²) in [6.45, 7) is 0. The van der Waals surface area contributed by atoms with Gasteiger partial charge in [0.25, 0.3) is 0 Å². The maximum atomic E-state index is 15.1. The maximum absolute atomic E-state index is 15.1. The molecule has 5 rings (SSSR count). The topological polar surface area (TPSA) is 97.1 Å². The number of carboxylic acid groups (broad SMARTS) is 1. The number of aromatic nitrogens is 3. The largest absolute Gasteiger partial charge is 0.477 e. The molecule has 1 aliphatic rings. The molecule has 0 atom stereocenters. The summed E-state index contributed by atoms with van der Waals surface area (Å²) in [5.74, 6) is -4.79. The number of fused-ring (bicyclic) bond motifs is 1. The molecular weight excluding hydrogens is 466 g/mol. The number of anilines is 2. The van der Waals surface area contributed by atoms with Crippen LogP contribution in [-0.2, 0) is 5.92 Å². The van der Waals surface area contributed by atoms with E-state index in [1.807, 2.05) is 0 Å². The normalized spacial score (nSPS) is 13.7. The van der Waals surface area contributed by atoms with Crippen molar-refractivity contribution in [3.05, 3.63) is 93.0 Å². The molecule has 0 radical (unpaired) electrons. The van der Waals surface area contributed by atoms with Gasteiger partial charge in [0.05, 0.1) is 10.5 Å². The van der Waals surface area contributed by atoms with Crippen LogP contribution < -0.4 is 10.7 Å². The Morgan fingerprint density at radius 3 is 2.65 bits per heavy atom. The van der Waals surface area contributed by atoms with E-state index in [0.717, 1.165) is 18.9 Å². The van der Waals surface area contributed by atoms with Gasteiger partial charge >= 0.3 is 11.9 Å². The lowest BCUT2D eigenvalue weighted by molar-refractivity contribution is 0.0381. The first-order valence-electron chi connectivity index (χ1n) is 10.4. The van der Waals surface area contributed by atoms with E-state index >= 15 is 8.78 Å². The van der Waals surface area contributed by atoms with Gasteiger partial charge in [-0.2, -0.15) is 8.78 Å². The minimum absolute atomic E-state index is 0.0638. The van der Waals surface area contributed by atoms with Crippen molar-refractivity contribution in [1.29, 1.82) is 0 Å². The zero-order valence-corrected chi connectivity index (χ0v) is 18.3. The monoisotopic (exact) mass is 482 g/mol. The number of hydrogen-bond acceptors (Lipinski definition) is 5. The number of halogens is 3. The van der Waals surface area contributed by atoms with Crippen LogP contribution in [0.1, 0.15) is 40.5 Å². The summed E-state index contributed by atoms with van der Waals surface area (Å²) < 4.78 is 31.9. The predicted molar refractivity (Wildman–Crippen MR) is 123 cm³/mol. The molecule has 0 unspecified atom stereocenters. The third-order valence-corrected chi connectivity index (χ3v) is 5.98. The highest BCUT2D eigenvalue weighted by molar-refractivity contribution is 6.31. The first-order valence-corrected chi connectivity index (χ1v) is 10.8. The molecule has 0 spiro atoms. The van der Waals surface area contributed by atoms with Crippen LogP contribution in [0.2, 0.25) is 5.02 Å². The van der Waals surface area contributed by atoms with Crippen molar-refractivity contribution in [3.63, 3.8) is 0 Å². The van der Waals surface area contributed by atoms with Crippen LogP contribution >= 0.6 is 11.6 Å². The molecule has 172 valence electrons. The molecule has 0 saturated heterocycles. The fourth-order valence-electron chi connectivity index (χ4n) is 3.81. The average Bonchev–Trinajstić information content (AvgIpc) is 3.65. The Balaban J connectivity index is 1.52. The Hall–Kier alpha value is -3.85. The van der Waals surface area contributed by atoms with Crippen molar-refractivity contribution in [2.45, 2.75) is 24.8 Å². The molecule has 2 heterocycles. The van der Waals surface area contributed by atoms with Gasteiger partial charge in [0.1, 0.15) is 11.3 Å². The summed E-state index contributed by atoms with van der Waals surface area (Å²) in [6, 6.07) is 11.6. The third kappa shape index (κ3) is 3.88. The fraction of sp³-hybridized carbons (Fsp3) is 0.167. The van der Waals surface area contributed by atoms with Gasteiger partial charge in [0.2, 0.25) is 11.4 Å². The van der Waals surface area contributed by atoms with Gasteiger partial charge in [-0.3, -0.25) is 4.79 Å². The Bertz CT molecular complexity index is 1500. The average molecular weight is 483 g/mol. The second kappa shape index (κ2) is 8.18. The standard InChI is InChI=1S/C24H17ClF2N4O3/c25-18-4-2-1-3-17(18)24(26,27)20-9-10-28-23(30-20)29-13-5-8-15-19(11-13)31(14-6-7-14)12-16(21(15)32)22(33)34/h1-5,8-12,14H,6-7H2,(H,33,34)(H,28,29,30). The number of carbonyl (C=O) groups is 1. The summed E-state index contributed by atoms with van der Waals surface area (Å²) in [5, 5.41) is 12.5. The molecule has 1 fully saturated rings. The Morgan fingerprint density at radius 2 is 1.94 bits per heavy atom. The van der Waals surface area contributed by atoms with Gasteiger partial charge in [0.15, 0.2) is 0 Å². The SMILES string of the molecule is O=C(O)c1cn(C2CC2)c2cc(Nc3nccc(C(F)(F)c4ccccc4Cl)n3)ccc2c1=O. The number of nitrogens with one attached hydrogen (secondary N) is 1. The van der Waals surface area contributed by atoms with Crippen LogP contribution in [0.5, 0.6) is 0 Å². The van der Waals surface area contributed by atoms with Crippen LogP contribution in [0.3, 0.4) is 0 Å². The van der Waals surface area contributed by atoms with E-state index < -0.39 is 23.0 Å². The summed E-state index contributed by atoms with van der Waals surface area (Å²) >= 11 is 5.97. The molecule has 0 aliphatic heterocycles. The highest BCUT2D eigenvalue weighted by Crippen LogP contribution is 2.39. The summed E-state index contributed by atoms with van der Waals surface area (Å²) in [5.41, 5.74) is -0.765. The number of alkyl halides is 2. The Labute approximate surface area is 196 Å². The molecule has 0 bridgehead atoms. The third-order valence-electron chi connectivity index (χ3n) is 5.65. The van der Waals surface area contributed by atoms with Crippen molar-refractivity contribution in [3.8, 4) is 0 Å². The number of carboxylic acids is 1. The summed E-state index contributed by atoms with van der Waals surface area (Å²) in [4.78, 5) is 32.1. The predicted octanol–water partition coefficient (Wildman–Crippen LogP) is 5.36. The molecule has 7 nitrogen and oxygen atoms in total. The zero-order chi connectivity index (χ0) is 24.0. The number of nitrogens with zero attached hydrogens (tertiary/aromatic N) is 3. The molecule has 2 aromatic heterocycles. The van der Waals surface area contributed by atoms with E-state index in [2.05, 4.69) is 15.3 Å². The van der Waals surface area contributed by atoms with Crippen LogP contribution in [0, 0.1) is 0 Å². The van der Waals surface area contributed by atoms with Crippen molar-refractivity contribution in [1.82, 2.24) is 14.5 Å². The molecule has 1 aliphatic carbocycles. The van der Waals surface area contributed by atoms with Crippen LogP contribution in [0.25, 0.3) is 10.9 Å². The van der Waals surface area contributed by atoms with E-state index in [1.165, 1.54) is 36.7 Å². The molecule has 2 aromatic carbocycles. The molecule has 1 saturated carbocycles. The number of pyridine rings is 1. The quantitative estimate of drug-likeness (QED) is 0.384. The number of rotatable bonds is 6. The minimum atomic E-state index is -3.44. The highest BCUT2D eigenvalue weighted by atomic mass is 35.5. The maximum Gasteiger partial charge on any atom is 0.341 e. The zero-order valence-electron chi connectivity index (χ0n) is 17.5. The molecule has 2 N–H and O–H groups in total. The van der Waals surface area contributed by atoms with E-state index in [1.54, 1.807) is 22.8 Å². The van der Waals surface area contributed by atoms with E-state index in [9.17, 15) is 14.7 Å². The van der Waals surface area contributed by atoms with Gasteiger partial charge in [-0.1, -0.05) is 29.8 Å². The van der Waals surface area contributed by atoms with Gasteiger partial charge in [-0.05, 0) is 43.2 Å². The van der Waals surface area contributed by atoms with E-state index in [-0.39, 0.29) is 33.5 Å². The Kier molecular flexibility index (Phi) is 5.28. The summed E-state index contributed by atoms with van der Waals surface area (Å²) in [6.07, 6.45) is 4.32. The van der Waals surface area contributed by atoms with Crippen LogP contribution in [0.4, 0.5) is 20.4 Å². The smallest absolute Gasteiger partial charge is 0.341 e. The second-order valence-corrected chi connectivity index (χ2v) is 8.40. The molecule has 4 aromatic rings. The second-order valence-electron chi connectivity index (χ2n) is 7.99. The first-order chi connectivity index (χ1) is 16.3. The van der Waals surface area contributed by atoms with Crippen LogP contribution in [0.15, 0.2) is 65.7 Å². The first kappa shape index (κ1) is 22.0. The van der Waals surface area contributed by atoms with Gasteiger partial charge in [-0.25, -0.2) is 14.8 Å².